The van der Waals surface area contributed by atoms with Gasteiger partial charge in [0.2, 0.25) is 0 Å². The van der Waals surface area contributed by atoms with Crippen LogP contribution in [0.4, 0.5) is 0 Å². The molecule has 144 valence electrons. The van der Waals surface area contributed by atoms with Crippen LogP contribution in [0, 0.1) is 0 Å². The smallest absolute Gasteiger partial charge is 0.134 e. The number of hydrogen-bond acceptors (Lipinski definition) is 4. The number of fused-ring (bicyclic) bond motifs is 3. The Kier molecular flexibility index (Phi) is 3.59. The van der Waals surface area contributed by atoms with Crippen LogP contribution in [0.2, 0.25) is 0 Å². The van der Waals surface area contributed by atoms with Crippen LogP contribution in [-0.2, 0) is 0 Å². The molecule has 0 unspecified atom stereocenters. The Morgan fingerprint density at radius 1 is 1.07 bits per heavy atom. The van der Waals surface area contributed by atoms with Crippen LogP contribution in [0.3, 0.4) is 0 Å². The Hall–Kier alpha value is -3.41. The molecule has 2 aliphatic rings. The molecule has 6 heteroatoms. The number of para-hydroxylation sites is 1. The predicted octanol–water partition coefficient (Wildman–Crippen LogP) is 4.28. The number of benzene rings is 2. The van der Waals surface area contributed by atoms with Crippen LogP contribution in [0.5, 0.6) is 0 Å². The maximum atomic E-state index is 4.42. The lowest BCUT2D eigenvalue weighted by atomic mass is 9.86. The van der Waals surface area contributed by atoms with E-state index >= 15 is 0 Å². The van der Waals surface area contributed by atoms with Crippen molar-refractivity contribution in [3.63, 3.8) is 0 Å². The molecule has 6 rings (SSSR count). The summed E-state index contributed by atoms with van der Waals surface area (Å²) in [5, 5.41) is 17.2. The maximum Gasteiger partial charge on any atom is 0.134 e. The van der Waals surface area contributed by atoms with Gasteiger partial charge in [0.1, 0.15) is 11.4 Å². The van der Waals surface area contributed by atoms with Crippen molar-refractivity contribution in [1.82, 2.24) is 30.1 Å². The van der Waals surface area contributed by atoms with Gasteiger partial charge in [-0.1, -0.05) is 41.6 Å². The summed E-state index contributed by atoms with van der Waals surface area (Å²) < 4.78 is 1.82. The summed E-state index contributed by atoms with van der Waals surface area (Å²) in [7, 11) is 2.23. The molecule has 29 heavy (non-hydrogen) atoms. The van der Waals surface area contributed by atoms with Crippen molar-refractivity contribution in [2.24, 2.45) is 0 Å². The highest BCUT2D eigenvalue weighted by Crippen LogP contribution is 2.41. The molecule has 4 heterocycles. The van der Waals surface area contributed by atoms with Crippen molar-refractivity contribution < 1.29 is 0 Å². The third kappa shape index (κ3) is 2.67. The van der Waals surface area contributed by atoms with E-state index in [4.69, 9.17) is 0 Å². The lowest BCUT2D eigenvalue weighted by Crippen LogP contribution is -2.32. The van der Waals surface area contributed by atoms with Gasteiger partial charge in [0, 0.05) is 24.2 Å². The molecule has 6 nitrogen and oxygen atoms in total. The number of hydrogen-bond donors (Lipinski definition) is 1. The van der Waals surface area contributed by atoms with E-state index in [0.717, 1.165) is 34.4 Å². The number of H-pyrrole nitrogens is 1. The Morgan fingerprint density at radius 2 is 1.93 bits per heavy atom. The average Bonchev–Trinajstić information content (AvgIpc) is 3.44. The molecule has 2 aromatic carbocycles. The van der Waals surface area contributed by atoms with Gasteiger partial charge >= 0.3 is 0 Å². The number of nitrogens with zero attached hydrogens (tertiary/aromatic N) is 5. The fourth-order valence-electron chi connectivity index (χ4n) is 4.76. The normalized spacial score (nSPS) is 21.0. The third-order valence-electron chi connectivity index (χ3n) is 6.47. The van der Waals surface area contributed by atoms with Gasteiger partial charge in [-0.15, -0.1) is 5.10 Å². The van der Waals surface area contributed by atoms with Crippen LogP contribution >= 0.6 is 0 Å². The second-order valence-electron chi connectivity index (χ2n) is 8.09. The monoisotopic (exact) mass is 382 g/mol. The minimum Gasteiger partial charge on any atom is -0.375 e. The first kappa shape index (κ1) is 16.5. The Bertz CT molecular complexity index is 1220. The van der Waals surface area contributed by atoms with E-state index < -0.39 is 0 Å². The second kappa shape index (κ2) is 6.30. The van der Waals surface area contributed by atoms with Gasteiger partial charge in [-0.05, 0) is 48.9 Å². The molecule has 2 aliphatic heterocycles. The fraction of sp³-hybridized carbons (Fsp3) is 0.261. The minimum atomic E-state index is 0.612. The SMILES string of the molecule is CN1C2=CC[C@H]1C[C@@H](c1ccc(-n3cc(-c4n[nH]c5ccccc45)nn3)cc1)C2. The number of aromatic nitrogens is 5. The standard InChI is InChI=1S/C23H22N6/c1-28-18-10-11-19(28)13-16(12-18)15-6-8-17(9-7-15)29-14-22(25-27-29)23-20-4-2-3-5-21(20)24-26-23/h2-10,14,16,19H,11-13H2,1H3,(H,24,26)/t16-,19-/m0/s1. The Labute approximate surface area is 168 Å². The Balaban J connectivity index is 1.26. The summed E-state index contributed by atoms with van der Waals surface area (Å²) in [5.74, 6) is 0.612. The van der Waals surface area contributed by atoms with Crippen LogP contribution in [0.15, 0.2) is 66.5 Å². The number of nitrogens with one attached hydrogen (secondary N) is 1. The van der Waals surface area contributed by atoms with Gasteiger partial charge in [-0.25, -0.2) is 4.68 Å². The third-order valence-corrected chi connectivity index (χ3v) is 6.47. The van der Waals surface area contributed by atoms with Crippen LogP contribution in [0.1, 0.15) is 30.7 Å². The fourth-order valence-corrected chi connectivity index (χ4v) is 4.76. The predicted molar refractivity (Wildman–Crippen MR) is 113 cm³/mol. The molecule has 0 amide bonds. The van der Waals surface area contributed by atoms with Gasteiger partial charge in [-0.3, -0.25) is 5.10 Å². The van der Waals surface area contributed by atoms with Crippen LogP contribution in [-0.4, -0.2) is 43.2 Å². The van der Waals surface area contributed by atoms with Crippen molar-refractivity contribution >= 4 is 10.9 Å². The summed E-state index contributed by atoms with van der Waals surface area (Å²) in [6.45, 7) is 0. The van der Waals surface area contributed by atoms with Crippen molar-refractivity contribution in [2.45, 2.75) is 31.2 Å². The van der Waals surface area contributed by atoms with E-state index in [1.807, 2.05) is 35.1 Å². The first-order valence-electron chi connectivity index (χ1n) is 10.1. The molecule has 4 aromatic rings. The highest BCUT2D eigenvalue weighted by Gasteiger charge is 2.33. The van der Waals surface area contributed by atoms with Gasteiger partial charge in [0.15, 0.2) is 0 Å². The van der Waals surface area contributed by atoms with E-state index in [0.29, 0.717) is 12.0 Å². The van der Waals surface area contributed by atoms with Crippen molar-refractivity contribution in [3.8, 4) is 17.1 Å². The molecule has 1 N–H and O–H groups in total. The Morgan fingerprint density at radius 3 is 2.79 bits per heavy atom. The minimum absolute atomic E-state index is 0.612. The van der Waals surface area contributed by atoms with E-state index in [1.165, 1.54) is 24.1 Å². The largest absolute Gasteiger partial charge is 0.375 e. The highest BCUT2D eigenvalue weighted by molar-refractivity contribution is 5.91. The molecule has 1 fully saturated rings. The molecule has 2 bridgehead atoms. The molecule has 0 radical (unpaired) electrons. The summed E-state index contributed by atoms with van der Waals surface area (Å²) in [4.78, 5) is 2.46. The molecule has 0 aliphatic carbocycles. The van der Waals surface area contributed by atoms with Gasteiger partial charge in [-0.2, -0.15) is 5.10 Å². The van der Waals surface area contributed by atoms with Gasteiger partial charge in [0.25, 0.3) is 0 Å². The lowest BCUT2D eigenvalue weighted by molar-refractivity contribution is 0.249. The zero-order chi connectivity index (χ0) is 19.4. The maximum absolute atomic E-state index is 4.42. The van der Waals surface area contributed by atoms with E-state index in [-0.39, 0.29) is 0 Å². The zero-order valence-electron chi connectivity index (χ0n) is 16.3. The molecule has 2 atom stereocenters. The number of rotatable bonds is 3. The highest BCUT2D eigenvalue weighted by atomic mass is 15.4. The number of piperidine rings is 1. The van der Waals surface area contributed by atoms with E-state index in [9.17, 15) is 0 Å². The summed E-state index contributed by atoms with van der Waals surface area (Å²) >= 11 is 0. The van der Waals surface area contributed by atoms with Gasteiger partial charge in [0.05, 0.1) is 17.4 Å². The summed E-state index contributed by atoms with van der Waals surface area (Å²) in [5.41, 5.74) is 6.54. The average molecular weight is 382 g/mol. The summed E-state index contributed by atoms with van der Waals surface area (Å²) in [6.07, 6.45) is 7.93. The lowest BCUT2D eigenvalue weighted by Gasteiger charge is -2.35. The molecule has 0 saturated carbocycles. The van der Waals surface area contributed by atoms with E-state index in [2.05, 4.69) is 62.8 Å². The molecular formula is C23H22N6. The zero-order valence-corrected chi connectivity index (χ0v) is 16.3. The first-order valence-corrected chi connectivity index (χ1v) is 10.1. The second-order valence-corrected chi connectivity index (χ2v) is 8.09. The molecule has 2 aromatic heterocycles. The quantitative estimate of drug-likeness (QED) is 0.575. The topological polar surface area (TPSA) is 62.6 Å². The number of allylic oxidation sites excluding steroid dienone is 1. The van der Waals surface area contributed by atoms with Crippen molar-refractivity contribution in [2.75, 3.05) is 7.05 Å². The first-order chi connectivity index (χ1) is 14.3. The number of aromatic amines is 1. The van der Waals surface area contributed by atoms with Crippen LogP contribution < -0.4 is 0 Å². The van der Waals surface area contributed by atoms with Gasteiger partial charge < -0.3 is 4.90 Å². The van der Waals surface area contributed by atoms with E-state index in [1.54, 1.807) is 0 Å². The molecule has 0 spiro atoms. The summed E-state index contributed by atoms with van der Waals surface area (Å²) in [6, 6.07) is 17.5. The van der Waals surface area contributed by atoms with Crippen LogP contribution in [0.25, 0.3) is 28.0 Å². The van der Waals surface area contributed by atoms with Crippen molar-refractivity contribution in [1.29, 1.82) is 0 Å². The molecule has 1 saturated heterocycles. The van der Waals surface area contributed by atoms with Crippen molar-refractivity contribution in [3.05, 3.63) is 72.1 Å². The molecular weight excluding hydrogens is 360 g/mol.